The van der Waals surface area contributed by atoms with Crippen LogP contribution in [0, 0.1) is 6.92 Å². The lowest BCUT2D eigenvalue weighted by Crippen LogP contribution is -2.21. The van der Waals surface area contributed by atoms with Crippen molar-refractivity contribution in [1.82, 2.24) is 4.57 Å². The highest BCUT2D eigenvalue weighted by Gasteiger charge is 2.01. The van der Waals surface area contributed by atoms with Gasteiger partial charge in [0.15, 0.2) is 0 Å². The summed E-state index contributed by atoms with van der Waals surface area (Å²) >= 11 is 0. The molecule has 0 unspecified atom stereocenters. The molecule has 4 heteroatoms. The maximum Gasteiger partial charge on any atom is 0.254 e. The van der Waals surface area contributed by atoms with Crippen LogP contribution in [0.1, 0.15) is 19.0 Å². The van der Waals surface area contributed by atoms with E-state index in [9.17, 15) is 9.90 Å². The minimum Gasteiger partial charge on any atom is -0.508 e. The second-order valence-electron chi connectivity index (χ2n) is 3.40. The normalized spacial score (nSPS) is 10.5. The quantitative estimate of drug-likeness (QED) is 0.747. The third-order valence-corrected chi connectivity index (χ3v) is 2.19. The molecule has 1 heterocycles. The molecular formula is C11H17NO3. The number of aromatic hydroxyl groups is 1. The number of ether oxygens (including phenoxy) is 1. The van der Waals surface area contributed by atoms with Crippen LogP contribution in [0.15, 0.2) is 16.9 Å². The molecule has 4 nitrogen and oxygen atoms in total. The first-order valence-electron chi connectivity index (χ1n) is 5.13. The average molecular weight is 211 g/mol. The Kier molecular flexibility index (Phi) is 4.37. The van der Waals surface area contributed by atoms with Crippen molar-refractivity contribution < 1.29 is 9.84 Å². The van der Waals surface area contributed by atoms with E-state index in [-0.39, 0.29) is 11.3 Å². The van der Waals surface area contributed by atoms with E-state index < -0.39 is 0 Å². The molecule has 1 aromatic rings. The Bertz CT molecular complexity index is 371. The van der Waals surface area contributed by atoms with E-state index in [1.54, 1.807) is 10.6 Å². The van der Waals surface area contributed by atoms with Crippen LogP contribution in [0.4, 0.5) is 0 Å². The summed E-state index contributed by atoms with van der Waals surface area (Å²) in [5.74, 6) is 0.0264. The van der Waals surface area contributed by atoms with Crippen molar-refractivity contribution in [3.05, 3.63) is 28.2 Å². The molecule has 1 aromatic heterocycles. The smallest absolute Gasteiger partial charge is 0.254 e. The zero-order valence-corrected chi connectivity index (χ0v) is 9.19. The summed E-state index contributed by atoms with van der Waals surface area (Å²) < 4.78 is 6.83. The van der Waals surface area contributed by atoms with Crippen LogP contribution in [-0.2, 0) is 11.3 Å². The Morgan fingerprint density at radius 2 is 2.20 bits per heavy atom. The van der Waals surface area contributed by atoms with Gasteiger partial charge in [0.05, 0.1) is 0 Å². The van der Waals surface area contributed by atoms with Crippen molar-refractivity contribution >= 4 is 0 Å². The van der Waals surface area contributed by atoms with E-state index in [2.05, 4.69) is 0 Å². The molecule has 0 atom stereocenters. The Morgan fingerprint density at radius 1 is 1.47 bits per heavy atom. The largest absolute Gasteiger partial charge is 0.508 e. The SMILES string of the molecule is CCOCCCn1c(C)cc(O)cc1=O. The number of rotatable bonds is 5. The molecule has 0 saturated heterocycles. The van der Waals surface area contributed by atoms with Gasteiger partial charge in [-0.1, -0.05) is 0 Å². The summed E-state index contributed by atoms with van der Waals surface area (Å²) in [4.78, 5) is 11.5. The Morgan fingerprint density at radius 3 is 2.80 bits per heavy atom. The van der Waals surface area contributed by atoms with Crippen LogP contribution in [0.2, 0.25) is 0 Å². The van der Waals surface area contributed by atoms with Gasteiger partial charge in [-0.05, 0) is 26.3 Å². The predicted octanol–water partition coefficient (Wildman–Crippen LogP) is 1.29. The van der Waals surface area contributed by atoms with Gasteiger partial charge >= 0.3 is 0 Å². The second kappa shape index (κ2) is 5.56. The van der Waals surface area contributed by atoms with Gasteiger partial charge in [-0.2, -0.15) is 0 Å². The van der Waals surface area contributed by atoms with Crippen molar-refractivity contribution in [2.75, 3.05) is 13.2 Å². The number of nitrogens with zero attached hydrogens (tertiary/aromatic N) is 1. The third kappa shape index (κ3) is 3.40. The zero-order chi connectivity index (χ0) is 11.3. The molecule has 0 saturated carbocycles. The molecule has 1 rings (SSSR count). The molecule has 0 aliphatic heterocycles. The lowest BCUT2D eigenvalue weighted by molar-refractivity contribution is 0.141. The molecule has 0 spiro atoms. The first-order chi connectivity index (χ1) is 7.15. The molecular weight excluding hydrogens is 194 g/mol. The number of pyridine rings is 1. The first-order valence-corrected chi connectivity index (χ1v) is 5.13. The van der Waals surface area contributed by atoms with E-state index in [4.69, 9.17) is 4.74 Å². The summed E-state index contributed by atoms with van der Waals surface area (Å²) in [5, 5.41) is 9.19. The van der Waals surface area contributed by atoms with E-state index in [0.29, 0.717) is 19.8 Å². The van der Waals surface area contributed by atoms with Gasteiger partial charge < -0.3 is 14.4 Å². The van der Waals surface area contributed by atoms with Gasteiger partial charge in [-0.25, -0.2) is 0 Å². The second-order valence-corrected chi connectivity index (χ2v) is 3.40. The fourth-order valence-electron chi connectivity index (χ4n) is 1.47. The molecule has 0 aliphatic rings. The Labute approximate surface area is 89.1 Å². The molecule has 0 bridgehead atoms. The van der Waals surface area contributed by atoms with Crippen LogP contribution < -0.4 is 5.56 Å². The van der Waals surface area contributed by atoms with Crippen LogP contribution in [-0.4, -0.2) is 22.9 Å². The summed E-state index contributed by atoms with van der Waals surface area (Å²) in [6.45, 7) is 5.73. The van der Waals surface area contributed by atoms with E-state index in [1.165, 1.54) is 6.07 Å². The van der Waals surface area contributed by atoms with Crippen LogP contribution in [0.25, 0.3) is 0 Å². The molecule has 0 amide bonds. The average Bonchev–Trinajstić information content (AvgIpc) is 2.15. The van der Waals surface area contributed by atoms with Crippen molar-refractivity contribution in [3.8, 4) is 5.75 Å². The number of hydrogen-bond acceptors (Lipinski definition) is 3. The van der Waals surface area contributed by atoms with Crippen LogP contribution in [0.3, 0.4) is 0 Å². The fourth-order valence-corrected chi connectivity index (χ4v) is 1.47. The number of aromatic nitrogens is 1. The molecule has 1 N–H and O–H groups in total. The first kappa shape index (κ1) is 11.8. The fraction of sp³-hybridized carbons (Fsp3) is 0.545. The van der Waals surface area contributed by atoms with Crippen molar-refractivity contribution in [1.29, 1.82) is 0 Å². The molecule has 0 fully saturated rings. The highest BCUT2D eigenvalue weighted by Crippen LogP contribution is 2.07. The summed E-state index contributed by atoms with van der Waals surface area (Å²) in [6.07, 6.45) is 0.805. The minimum atomic E-state index is -0.163. The summed E-state index contributed by atoms with van der Waals surface area (Å²) in [6, 6.07) is 2.82. The Balaban J connectivity index is 2.65. The molecule has 84 valence electrons. The van der Waals surface area contributed by atoms with Crippen molar-refractivity contribution in [2.45, 2.75) is 26.8 Å². The highest BCUT2D eigenvalue weighted by molar-refractivity contribution is 5.21. The maximum atomic E-state index is 11.5. The maximum absolute atomic E-state index is 11.5. The topological polar surface area (TPSA) is 51.5 Å². The molecule has 0 radical (unpaired) electrons. The van der Waals surface area contributed by atoms with Gasteiger partial charge in [-0.3, -0.25) is 4.79 Å². The zero-order valence-electron chi connectivity index (χ0n) is 9.19. The molecule has 15 heavy (non-hydrogen) atoms. The third-order valence-electron chi connectivity index (χ3n) is 2.19. The van der Waals surface area contributed by atoms with Crippen molar-refractivity contribution in [2.24, 2.45) is 0 Å². The summed E-state index contributed by atoms with van der Waals surface area (Å²) in [7, 11) is 0. The lowest BCUT2D eigenvalue weighted by atomic mass is 10.3. The van der Waals surface area contributed by atoms with E-state index in [0.717, 1.165) is 12.1 Å². The highest BCUT2D eigenvalue weighted by atomic mass is 16.5. The van der Waals surface area contributed by atoms with Gasteiger partial charge in [0.25, 0.3) is 5.56 Å². The van der Waals surface area contributed by atoms with Crippen molar-refractivity contribution in [3.63, 3.8) is 0 Å². The van der Waals surface area contributed by atoms with Crippen LogP contribution >= 0.6 is 0 Å². The number of aryl methyl sites for hydroxylation is 1. The van der Waals surface area contributed by atoms with Gasteiger partial charge in [0.1, 0.15) is 5.75 Å². The van der Waals surface area contributed by atoms with Gasteiger partial charge in [-0.15, -0.1) is 0 Å². The Hall–Kier alpha value is -1.29. The molecule has 0 aromatic carbocycles. The van der Waals surface area contributed by atoms with E-state index in [1.807, 2.05) is 13.8 Å². The summed E-state index contributed by atoms with van der Waals surface area (Å²) in [5.41, 5.74) is 0.612. The van der Waals surface area contributed by atoms with E-state index >= 15 is 0 Å². The standard InChI is InChI=1S/C11H17NO3/c1-3-15-6-4-5-12-9(2)7-10(13)8-11(12)14/h7-8,13H,3-6H2,1-2H3. The van der Waals surface area contributed by atoms with Gasteiger partial charge in [0, 0.05) is 31.5 Å². The monoisotopic (exact) mass is 211 g/mol. The molecule has 0 aliphatic carbocycles. The van der Waals surface area contributed by atoms with Crippen LogP contribution in [0.5, 0.6) is 5.75 Å². The predicted molar refractivity (Wildman–Crippen MR) is 58.2 cm³/mol. The lowest BCUT2D eigenvalue weighted by Gasteiger charge is -2.09. The van der Waals surface area contributed by atoms with Gasteiger partial charge in [0.2, 0.25) is 0 Å². The minimum absolute atomic E-state index is 0.0264. The number of hydrogen-bond donors (Lipinski definition) is 1.